The first-order valence-corrected chi connectivity index (χ1v) is 11.9. The van der Waals surface area contributed by atoms with Crippen LogP contribution in [0.1, 0.15) is 50.5 Å². The summed E-state index contributed by atoms with van der Waals surface area (Å²) in [6.45, 7) is 7.18. The van der Waals surface area contributed by atoms with Crippen LogP contribution in [-0.2, 0) is 0 Å². The van der Waals surface area contributed by atoms with Crippen LogP contribution in [0.25, 0.3) is 0 Å². The van der Waals surface area contributed by atoms with Crippen LogP contribution in [-0.4, -0.2) is 31.1 Å². The number of hydrogen-bond acceptors (Lipinski definition) is 3. The topological polar surface area (TPSA) is 6.48 Å². The van der Waals surface area contributed by atoms with Crippen molar-refractivity contribution in [1.82, 2.24) is 4.90 Å². The lowest BCUT2D eigenvalue weighted by Gasteiger charge is -2.40. The Bertz CT molecular complexity index is 836. The highest BCUT2D eigenvalue weighted by molar-refractivity contribution is 7.99. The second-order valence-electron chi connectivity index (χ2n) is 9.09. The smallest absolute Gasteiger partial charge is 0.0553 e. The first kappa shape index (κ1) is 21.1. The van der Waals surface area contributed by atoms with Crippen LogP contribution in [0.3, 0.4) is 0 Å². The maximum Gasteiger partial charge on any atom is 0.0553 e. The van der Waals surface area contributed by atoms with Gasteiger partial charge in [-0.1, -0.05) is 42.8 Å². The molecule has 3 aliphatic rings. The lowest BCUT2D eigenvalue weighted by Crippen LogP contribution is -2.40. The molecule has 2 aromatic rings. The van der Waals surface area contributed by atoms with Crippen LogP contribution in [0.15, 0.2) is 52.3 Å². The molecule has 5 rings (SSSR count). The number of aryl methyl sites for hydroxylation is 1. The first-order chi connectivity index (χ1) is 13.7. The molecule has 0 unspecified atom stereocenters. The number of anilines is 2. The summed E-state index contributed by atoms with van der Waals surface area (Å²) >= 11 is 1.92. The number of nitrogens with zero attached hydrogens (tertiary/aromatic N) is 2. The molecular weight excluding hydrogens is 396 g/mol. The maximum atomic E-state index is 2.73. The highest BCUT2D eigenvalue weighted by Gasteiger charge is 2.36. The van der Waals surface area contributed by atoms with Gasteiger partial charge >= 0.3 is 0 Å². The Labute approximate surface area is 186 Å². The predicted molar refractivity (Wildman–Crippen MR) is 127 cm³/mol. The van der Waals surface area contributed by atoms with Gasteiger partial charge in [0, 0.05) is 16.3 Å². The molecule has 2 heterocycles. The van der Waals surface area contributed by atoms with Crippen molar-refractivity contribution in [2.75, 3.05) is 31.1 Å². The Kier molecular flexibility index (Phi) is 6.48. The van der Waals surface area contributed by atoms with Crippen molar-refractivity contribution < 1.29 is 0 Å². The third-order valence-electron chi connectivity index (χ3n) is 7.22. The molecule has 2 aromatic carbocycles. The Balaban J connectivity index is 0.00000205. The van der Waals surface area contributed by atoms with Crippen molar-refractivity contribution in [1.29, 1.82) is 0 Å². The normalized spacial score (nSPS) is 20.2. The molecule has 156 valence electrons. The van der Waals surface area contributed by atoms with Crippen LogP contribution in [0.5, 0.6) is 0 Å². The molecule has 1 saturated carbocycles. The fourth-order valence-corrected chi connectivity index (χ4v) is 6.70. The number of rotatable bonds is 4. The van der Waals surface area contributed by atoms with Crippen molar-refractivity contribution in [2.45, 2.75) is 61.7 Å². The zero-order valence-corrected chi connectivity index (χ0v) is 19.2. The molecule has 0 N–H and O–H groups in total. The molecule has 0 radical (unpaired) electrons. The molecule has 4 heteroatoms. The van der Waals surface area contributed by atoms with Gasteiger partial charge in [-0.05, 0) is 93.9 Å². The molecule has 0 bridgehead atoms. The average molecular weight is 429 g/mol. The van der Waals surface area contributed by atoms with Crippen molar-refractivity contribution >= 4 is 35.5 Å². The molecular formula is C25H33ClN2S. The molecule has 2 fully saturated rings. The summed E-state index contributed by atoms with van der Waals surface area (Å²) in [5.74, 6) is 0. The number of piperidine rings is 1. The van der Waals surface area contributed by atoms with Crippen molar-refractivity contribution in [3.05, 3.63) is 48.0 Å². The molecule has 0 aromatic heterocycles. The van der Waals surface area contributed by atoms with Gasteiger partial charge in [0.05, 0.1) is 11.4 Å². The fraction of sp³-hybridized carbons (Fsp3) is 0.520. The van der Waals surface area contributed by atoms with E-state index in [2.05, 4.69) is 59.2 Å². The summed E-state index contributed by atoms with van der Waals surface area (Å²) in [6, 6.07) is 15.8. The maximum absolute atomic E-state index is 2.73. The molecule has 0 amide bonds. The molecule has 1 spiro atoms. The van der Waals surface area contributed by atoms with Crippen molar-refractivity contribution in [3.8, 4) is 0 Å². The highest BCUT2D eigenvalue weighted by Crippen LogP contribution is 2.48. The highest BCUT2D eigenvalue weighted by atomic mass is 35.5. The van der Waals surface area contributed by atoms with Gasteiger partial charge in [-0.2, -0.15) is 0 Å². The van der Waals surface area contributed by atoms with Gasteiger partial charge in [0.1, 0.15) is 0 Å². The number of hydrogen-bond donors (Lipinski definition) is 0. The number of likely N-dealkylation sites (tertiary alicyclic amines) is 1. The summed E-state index contributed by atoms with van der Waals surface area (Å²) in [5.41, 5.74) is 4.85. The van der Waals surface area contributed by atoms with E-state index in [9.17, 15) is 0 Å². The standard InChI is InChI=1S/C25H32N2S.ClH/c1-20-9-10-22-24(19-20)28-23-8-3-2-7-21(23)27(22)16-6-15-26-17-13-25(14-18-26)11-4-5-12-25;/h2-3,7-10,19H,4-6,11-18H2,1H3;1H. The summed E-state index contributed by atoms with van der Waals surface area (Å²) in [5, 5.41) is 0. The van der Waals surface area contributed by atoms with E-state index in [1.807, 2.05) is 11.8 Å². The Morgan fingerprint density at radius 1 is 0.862 bits per heavy atom. The van der Waals surface area contributed by atoms with Gasteiger partial charge in [0.25, 0.3) is 0 Å². The minimum absolute atomic E-state index is 0. The second kappa shape index (κ2) is 8.91. The van der Waals surface area contributed by atoms with E-state index in [0.29, 0.717) is 0 Å². The van der Waals surface area contributed by atoms with Crippen LogP contribution in [0.2, 0.25) is 0 Å². The number of benzene rings is 2. The quantitative estimate of drug-likeness (QED) is 0.514. The molecule has 29 heavy (non-hydrogen) atoms. The fourth-order valence-electron chi connectivity index (χ4n) is 5.51. The van der Waals surface area contributed by atoms with E-state index in [0.717, 1.165) is 12.0 Å². The summed E-state index contributed by atoms with van der Waals surface area (Å²) in [6.07, 6.45) is 10.1. The average Bonchev–Trinajstić information content (AvgIpc) is 3.17. The molecule has 0 atom stereocenters. The molecule has 2 nitrogen and oxygen atoms in total. The Morgan fingerprint density at radius 3 is 2.38 bits per heavy atom. The van der Waals surface area contributed by atoms with Crippen LogP contribution >= 0.6 is 24.2 Å². The van der Waals surface area contributed by atoms with Crippen molar-refractivity contribution in [3.63, 3.8) is 0 Å². The lowest BCUT2D eigenvalue weighted by atomic mass is 9.77. The summed E-state index contributed by atoms with van der Waals surface area (Å²) in [4.78, 5) is 8.08. The minimum Gasteiger partial charge on any atom is -0.340 e. The Hall–Kier alpha value is -1.16. The third kappa shape index (κ3) is 4.33. The first-order valence-electron chi connectivity index (χ1n) is 11.1. The van der Waals surface area contributed by atoms with E-state index in [1.54, 1.807) is 0 Å². The Morgan fingerprint density at radius 2 is 1.59 bits per heavy atom. The largest absolute Gasteiger partial charge is 0.340 e. The van der Waals surface area contributed by atoms with E-state index < -0.39 is 0 Å². The van der Waals surface area contributed by atoms with Crippen molar-refractivity contribution in [2.24, 2.45) is 5.41 Å². The minimum atomic E-state index is 0. The van der Waals surface area contributed by atoms with E-state index in [1.165, 1.54) is 91.3 Å². The van der Waals surface area contributed by atoms with Gasteiger partial charge in [-0.15, -0.1) is 12.4 Å². The molecule has 2 aliphatic heterocycles. The molecule has 1 saturated heterocycles. The second-order valence-corrected chi connectivity index (χ2v) is 10.2. The van der Waals surface area contributed by atoms with E-state index >= 15 is 0 Å². The van der Waals surface area contributed by atoms with Gasteiger partial charge < -0.3 is 9.80 Å². The number of fused-ring (bicyclic) bond motifs is 2. The molecule has 1 aliphatic carbocycles. The van der Waals surface area contributed by atoms with E-state index in [4.69, 9.17) is 0 Å². The summed E-state index contributed by atoms with van der Waals surface area (Å²) < 4.78 is 0. The van der Waals surface area contributed by atoms with Crippen LogP contribution in [0.4, 0.5) is 11.4 Å². The van der Waals surface area contributed by atoms with E-state index in [-0.39, 0.29) is 12.4 Å². The number of para-hydroxylation sites is 1. The SMILES string of the molecule is Cc1ccc2c(c1)Sc1ccccc1N2CCCN1CCC2(CCCC2)CC1.Cl. The zero-order valence-electron chi connectivity index (χ0n) is 17.5. The van der Waals surface area contributed by atoms with Crippen LogP contribution < -0.4 is 4.90 Å². The number of halogens is 1. The summed E-state index contributed by atoms with van der Waals surface area (Å²) in [7, 11) is 0. The zero-order chi connectivity index (χ0) is 19.0. The monoisotopic (exact) mass is 428 g/mol. The van der Waals surface area contributed by atoms with Gasteiger partial charge in [-0.3, -0.25) is 0 Å². The van der Waals surface area contributed by atoms with Gasteiger partial charge in [0.2, 0.25) is 0 Å². The van der Waals surface area contributed by atoms with Gasteiger partial charge in [-0.25, -0.2) is 0 Å². The van der Waals surface area contributed by atoms with Gasteiger partial charge in [0.15, 0.2) is 0 Å². The predicted octanol–water partition coefficient (Wildman–Crippen LogP) is 7.07. The lowest BCUT2D eigenvalue weighted by molar-refractivity contribution is 0.108. The third-order valence-corrected chi connectivity index (χ3v) is 8.33. The van der Waals surface area contributed by atoms with Crippen LogP contribution in [0, 0.1) is 12.3 Å².